The standard InChI is InChI=1S/C17H26FNO2/c1-4-21-17(10-6-5-7-11-17)16(19-2)14-12-13(18)8-9-15(14)20-3/h8-9,12,16,19H,4-7,10-11H2,1-3H3. The summed E-state index contributed by atoms with van der Waals surface area (Å²) in [6, 6.07) is 4.62. The molecule has 0 aliphatic heterocycles. The van der Waals surface area contributed by atoms with Gasteiger partial charge in [0.25, 0.3) is 0 Å². The van der Waals surface area contributed by atoms with Crippen LogP contribution in [0.1, 0.15) is 50.6 Å². The van der Waals surface area contributed by atoms with Gasteiger partial charge in [0.2, 0.25) is 0 Å². The van der Waals surface area contributed by atoms with E-state index in [2.05, 4.69) is 5.32 Å². The van der Waals surface area contributed by atoms with Crippen LogP contribution in [0.4, 0.5) is 4.39 Å². The Kier molecular flexibility index (Phi) is 5.59. The molecule has 1 N–H and O–H groups in total. The molecular weight excluding hydrogens is 269 g/mol. The van der Waals surface area contributed by atoms with Crippen LogP contribution in [0, 0.1) is 5.82 Å². The Bertz CT molecular complexity index is 453. The van der Waals surface area contributed by atoms with Gasteiger partial charge in [-0.25, -0.2) is 4.39 Å². The molecule has 0 saturated heterocycles. The smallest absolute Gasteiger partial charge is 0.123 e. The minimum atomic E-state index is -0.275. The molecule has 21 heavy (non-hydrogen) atoms. The summed E-state index contributed by atoms with van der Waals surface area (Å²) >= 11 is 0. The lowest BCUT2D eigenvalue weighted by molar-refractivity contribution is -0.0902. The summed E-state index contributed by atoms with van der Waals surface area (Å²) in [5.41, 5.74) is 0.568. The number of methoxy groups -OCH3 is 1. The first-order valence-corrected chi connectivity index (χ1v) is 7.81. The van der Waals surface area contributed by atoms with Gasteiger partial charge in [0.15, 0.2) is 0 Å². The zero-order chi connectivity index (χ0) is 15.3. The van der Waals surface area contributed by atoms with Gasteiger partial charge in [-0.05, 0) is 45.0 Å². The first kappa shape index (κ1) is 16.2. The van der Waals surface area contributed by atoms with Crippen molar-refractivity contribution in [3.05, 3.63) is 29.6 Å². The number of ether oxygens (including phenoxy) is 2. The van der Waals surface area contributed by atoms with E-state index in [4.69, 9.17) is 9.47 Å². The van der Waals surface area contributed by atoms with Gasteiger partial charge in [0, 0.05) is 12.2 Å². The molecule has 0 aromatic heterocycles. The Hall–Kier alpha value is -1.13. The number of rotatable bonds is 6. The number of hydrogen-bond donors (Lipinski definition) is 1. The van der Waals surface area contributed by atoms with Crippen molar-refractivity contribution in [3.63, 3.8) is 0 Å². The molecule has 0 amide bonds. The molecule has 118 valence electrons. The first-order valence-electron chi connectivity index (χ1n) is 7.81. The van der Waals surface area contributed by atoms with Crippen molar-refractivity contribution >= 4 is 0 Å². The number of likely N-dealkylation sites (N-methyl/N-ethyl adjacent to an activating group) is 1. The summed E-state index contributed by atoms with van der Waals surface area (Å²) in [7, 11) is 3.53. The second-order valence-electron chi connectivity index (χ2n) is 5.67. The van der Waals surface area contributed by atoms with Gasteiger partial charge in [-0.15, -0.1) is 0 Å². The summed E-state index contributed by atoms with van der Waals surface area (Å²) in [5, 5.41) is 3.34. The molecule has 0 spiro atoms. The number of nitrogens with one attached hydrogen (secondary N) is 1. The van der Waals surface area contributed by atoms with Crippen LogP contribution in [0.15, 0.2) is 18.2 Å². The molecule has 4 heteroatoms. The molecule has 1 saturated carbocycles. The van der Waals surface area contributed by atoms with E-state index in [0.29, 0.717) is 12.4 Å². The molecule has 2 rings (SSSR count). The van der Waals surface area contributed by atoms with Crippen LogP contribution in [0.5, 0.6) is 5.75 Å². The zero-order valence-corrected chi connectivity index (χ0v) is 13.2. The minimum absolute atomic E-state index is 0.0663. The lowest BCUT2D eigenvalue weighted by atomic mass is 9.76. The summed E-state index contributed by atoms with van der Waals surface area (Å²) in [6.07, 6.45) is 5.52. The highest BCUT2D eigenvalue weighted by Gasteiger charge is 2.42. The molecule has 0 radical (unpaired) electrons. The quantitative estimate of drug-likeness (QED) is 0.865. The van der Waals surface area contributed by atoms with Crippen molar-refractivity contribution < 1.29 is 13.9 Å². The summed E-state index contributed by atoms with van der Waals surface area (Å²) in [6.45, 7) is 2.68. The SMILES string of the molecule is CCOC1(C(NC)c2cc(F)ccc2OC)CCCCC1. The maximum atomic E-state index is 13.7. The lowest BCUT2D eigenvalue weighted by Gasteiger charge is -2.43. The molecule has 1 aromatic rings. The predicted molar refractivity (Wildman–Crippen MR) is 82.2 cm³/mol. The third-order valence-corrected chi connectivity index (χ3v) is 4.45. The summed E-state index contributed by atoms with van der Waals surface area (Å²) in [5.74, 6) is 0.467. The fourth-order valence-corrected chi connectivity index (χ4v) is 3.59. The second-order valence-corrected chi connectivity index (χ2v) is 5.67. The van der Waals surface area contributed by atoms with E-state index >= 15 is 0 Å². The highest BCUT2D eigenvalue weighted by atomic mass is 19.1. The lowest BCUT2D eigenvalue weighted by Crippen LogP contribution is -2.46. The second kappa shape index (κ2) is 7.23. The van der Waals surface area contributed by atoms with Gasteiger partial charge in [0.1, 0.15) is 11.6 Å². The van der Waals surface area contributed by atoms with Crippen LogP contribution in [-0.2, 0) is 4.74 Å². The highest BCUT2D eigenvalue weighted by molar-refractivity contribution is 5.38. The van der Waals surface area contributed by atoms with Crippen molar-refractivity contribution in [3.8, 4) is 5.75 Å². The van der Waals surface area contributed by atoms with Gasteiger partial charge in [-0.2, -0.15) is 0 Å². The Labute approximate surface area is 126 Å². The van der Waals surface area contributed by atoms with Crippen LogP contribution in [-0.4, -0.2) is 26.4 Å². The molecule has 1 fully saturated rings. The Balaban J connectivity index is 2.42. The average molecular weight is 295 g/mol. The van der Waals surface area contributed by atoms with Crippen LogP contribution in [0.3, 0.4) is 0 Å². The molecule has 3 nitrogen and oxygen atoms in total. The van der Waals surface area contributed by atoms with Crippen molar-refractivity contribution in [1.29, 1.82) is 0 Å². The van der Waals surface area contributed by atoms with E-state index in [1.54, 1.807) is 19.2 Å². The van der Waals surface area contributed by atoms with Crippen LogP contribution >= 0.6 is 0 Å². The predicted octanol–water partition coefficient (Wildman–Crippen LogP) is 3.83. The largest absolute Gasteiger partial charge is 0.496 e. The zero-order valence-electron chi connectivity index (χ0n) is 13.2. The van der Waals surface area contributed by atoms with Gasteiger partial charge in [-0.3, -0.25) is 0 Å². The molecule has 1 aliphatic rings. The molecule has 0 heterocycles. The van der Waals surface area contributed by atoms with Gasteiger partial charge in [0.05, 0.1) is 18.8 Å². The third-order valence-electron chi connectivity index (χ3n) is 4.45. The van der Waals surface area contributed by atoms with Crippen molar-refractivity contribution in [2.75, 3.05) is 20.8 Å². The minimum Gasteiger partial charge on any atom is -0.496 e. The molecule has 0 bridgehead atoms. The van der Waals surface area contributed by atoms with E-state index < -0.39 is 0 Å². The normalized spacial score (nSPS) is 19.2. The third kappa shape index (κ3) is 3.38. The van der Waals surface area contributed by atoms with Gasteiger partial charge in [-0.1, -0.05) is 19.3 Å². The highest BCUT2D eigenvalue weighted by Crippen LogP contribution is 2.43. The van der Waals surface area contributed by atoms with E-state index in [1.165, 1.54) is 12.5 Å². The van der Waals surface area contributed by atoms with E-state index in [9.17, 15) is 4.39 Å². The summed E-state index contributed by atoms with van der Waals surface area (Å²) in [4.78, 5) is 0. The van der Waals surface area contributed by atoms with E-state index in [-0.39, 0.29) is 17.5 Å². The number of hydrogen-bond acceptors (Lipinski definition) is 3. The maximum Gasteiger partial charge on any atom is 0.123 e. The fourth-order valence-electron chi connectivity index (χ4n) is 3.59. The first-order chi connectivity index (χ1) is 10.2. The topological polar surface area (TPSA) is 30.5 Å². The van der Waals surface area contributed by atoms with Crippen LogP contribution < -0.4 is 10.1 Å². The molecule has 1 atom stereocenters. The monoisotopic (exact) mass is 295 g/mol. The molecular formula is C17H26FNO2. The van der Waals surface area contributed by atoms with E-state index in [0.717, 1.165) is 31.2 Å². The van der Waals surface area contributed by atoms with E-state index in [1.807, 2.05) is 14.0 Å². The van der Waals surface area contributed by atoms with Crippen molar-refractivity contribution in [1.82, 2.24) is 5.32 Å². The van der Waals surface area contributed by atoms with Gasteiger partial charge >= 0.3 is 0 Å². The van der Waals surface area contributed by atoms with Crippen molar-refractivity contribution in [2.24, 2.45) is 0 Å². The van der Waals surface area contributed by atoms with Crippen LogP contribution in [0.25, 0.3) is 0 Å². The van der Waals surface area contributed by atoms with Crippen molar-refractivity contribution in [2.45, 2.75) is 50.7 Å². The Morgan fingerprint density at radius 2 is 2.00 bits per heavy atom. The number of halogens is 1. The molecule has 1 aromatic carbocycles. The molecule has 1 aliphatic carbocycles. The Morgan fingerprint density at radius 1 is 1.29 bits per heavy atom. The maximum absolute atomic E-state index is 13.7. The van der Waals surface area contributed by atoms with Crippen LogP contribution in [0.2, 0.25) is 0 Å². The average Bonchev–Trinajstić information content (AvgIpc) is 2.49. The number of benzene rings is 1. The summed E-state index contributed by atoms with van der Waals surface area (Å²) < 4.78 is 25.3. The Morgan fingerprint density at radius 3 is 2.57 bits per heavy atom. The molecule has 1 unspecified atom stereocenters. The van der Waals surface area contributed by atoms with Gasteiger partial charge < -0.3 is 14.8 Å². The fraction of sp³-hybridized carbons (Fsp3) is 0.647.